The van der Waals surface area contributed by atoms with Gasteiger partial charge in [0.15, 0.2) is 0 Å². The molecule has 0 saturated carbocycles. The minimum atomic E-state index is -0.686. The van der Waals surface area contributed by atoms with Crippen LogP contribution >= 0.6 is 0 Å². The molecule has 0 aliphatic heterocycles. The first-order valence-corrected chi connectivity index (χ1v) is 5.62. The van der Waals surface area contributed by atoms with E-state index in [0.717, 1.165) is 17.7 Å². The third kappa shape index (κ3) is 4.97. The molecule has 17 heavy (non-hydrogen) atoms. The topological polar surface area (TPSA) is 73.3 Å². The van der Waals surface area contributed by atoms with Crippen LogP contribution < -0.4 is 5.73 Å². The molecule has 0 fully saturated rings. The molecule has 1 rings (SSSR count). The van der Waals surface area contributed by atoms with Gasteiger partial charge in [-0.2, -0.15) is 0 Å². The Morgan fingerprint density at radius 2 is 1.88 bits per heavy atom. The second-order valence-corrected chi connectivity index (χ2v) is 5.10. The summed E-state index contributed by atoms with van der Waals surface area (Å²) in [5.41, 5.74) is 6.58. The molecule has 0 bridgehead atoms. The van der Waals surface area contributed by atoms with Crippen LogP contribution in [0.4, 0.5) is 0 Å². The molecule has 4 heteroatoms. The molecule has 1 aromatic carbocycles. The van der Waals surface area contributed by atoms with Crippen molar-refractivity contribution in [3.05, 3.63) is 35.4 Å². The van der Waals surface area contributed by atoms with E-state index in [1.54, 1.807) is 13.8 Å². The number of nitrogens with one attached hydrogen (secondary N) is 1. The predicted octanol–water partition coefficient (Wildman–Crippen LogP) is 1.17. The largest absolute Gasteiger partial charge is 0.389 e. The molecule has 0 aromatic heterocycles. The predicted molar refractivity (Wildman–Crippen MR) is 70.1 cm³/mol. The first-order valence-electron chi connectivity index (χ1n) is 5.62. The van der Waals surface area contributed by atoms with Crippen molar-refractivity contribution < 1.29 is 5.11 Å². The number of hydrogen-bond donors (Lipinski definition) is 3. The zero-order chi connectivity index (χ0) is 13.1. The van der Waals surface area contributed by atoms with Gasteiger partial charge in [0.2, 0.25) is 0 Å². The van der Waals surface area contributed by atoms with Crippen molar-refractivity contribution in [3.63, 3.8) is 0 Å². The van der Waals surface area contributed by atoms with Crippen LogP contribution in [0.2, 0.25) is 0 Å². The van der Waals surface area contributed by atoms with Crippen molar-refractivity contribution in [3.8, 4) is 0 Å². The standard InChI is InChI=1S/C13H21N3O/c1-13(2,17)9-16(3)8-10-4-6-11(7-5-10)12(14)15/h4-7,17H,8-9H2,1-3H3,(H3,14,15). The smallest absolute Gasteiger partial charge is 0.122 e. The average molecular weight is 235 g/mol. The summed E-state index contributed by atoms with van der Waals surface area (Å²) in [6, 6.07) is 7.60. The van der Waals surface area contributed by atoms with Crippen LogP contribution in [0, 0.1) is 5.41 Å². The Morgan fingerprint density at radius 1 is 1.35 bits per heavy atom. The second-order valence-electron chi connectivity index (χ2n) is 5.10. The Morgan fingerprint density at radius 3 is 2.29 bits per heavy atom. The van der Waals surface area contributed by atoms with Gasteiger partial charge in [-0.3, -0.25) is 10.3 Å². The van der Waals surface area contributed by atoms with Crippen molar-refractivity contribution in [2.24, 2.45) is 5.73 Å². The quantitative estimate of drug-likeness (QED) is 0.530. The molecule has 0 atom stereocenters. The van der Waals surface area contributed by atoms with Crippen LogP contribution in [-0.4, -0.2) is 35.0 Å². The molecule has 0 radical (unpaired) electrons. The van der Waals surface area contributed by atoms with Crippen LogP contribution in [0.1, 0.15) is 25.0 Å². The first-order chi connectivity index (χ1) is 7.78. The van der Waals surface area contributed by atoms with Crippen LogP contribution in [0.3, 0.4) is 0 Å². The highest BCUT2D eigenvalue weighted by Crippen LogP contribution is 2.09. The third-order valence-corrected chi connectivity index (χ3v) is 2.37. The van der Waals surface area contributed by atoms with Crippen molar-refractivity contribution in [1.82, 2.24) is 4.90 Å². The molecule has 0 saturated heterocycles. The fourth-order valence-corrected chi connectivity index (χ4v) is 1.82. The molecule has 0 aliphatic carbocycles. The van der Waals surface area contributed by atoms with Crippen molar-refractivity contribution in [1.29, 1.82) is 5.41 Å². The van der Waals surface area contributed by atoms with Gasteiger partial charge in [0.1, 0.15) is 5.84 Å². The Hall–Kier alpha value is -1.39. The maximum atomic E-state index is 9.70. The van der Waals surface area contributed by atoms with Crippen molar-refractivity contribution in [2.45, 2.75) is 26.0 Å². The van der Waals surface area contributed by atoms with Gasteiger partial charge in [-0.25, -0.2) is 0 Å². The van der Waals surface area contributed by atoms with Gasteiger partial charge in [-0.15, -0.1) is 0 Å². The van der Waals surface area contributed by atoms with Gasteiger partial charge >= 0.3 is 0 Å². The Kier molecular flexibility index (Phi) is 4.26. The Labute approximate surface area is 103 Å². The second kappa shape index (κ2) is 5.29. The number of amidine groups is 1. The molecular weight excluding hydrogens is 214 g/mol. The number of nitrogens with two attached hydrogens (primary N) is 1. The lowest BCUT2D eigenvalue weighted by Gasteiger charge is -2.25. The van der Waals surface area contributed by atoms with Crippen LogP contribution in [-0.2, 0) is 6.54 Å². The summed E-state index contributed by atoms with van der Waals surface area (Å²) >= 11 is 0. The molecular formula is C13H21N3O. The molecule has 0 heterocycles. The summed E-state index contributed by atoms with van der Waals surface area (Å²) in [5, 5.41) is 17.0. The molecule has 0 unspecified atom stereocenters. The monoisotopic (exact) mass is 235 g/mol. The fourth-order valence-electron chi connectivity index (χ4n) is 1.82. The molecule has 0 spiro atoms. The van der Waals surface area contributed by atoms with Crippen LogP contribution in [0.25, 0.3) is 0 Å². The molecule has 0 amide bonds. The summed E-state index contributed by atoms with van der Waals surface area (Å²) in [5.74, 6) is 0.0846. The Bertz CT molecular complexity index is 379. The van der Waals surface area contributed by atoms with Gasteiger partial charge in [-0.05, 0) is 26.5 Å². The van der Waals surface area contributed by atoms with E-state index in [-0.39, 0.29) is 5.84 Å². The Balaban J connectivity index is 2.60. The first kappa shape index (κ1) is 13.7. The van der Waals surface area contributed by atoms with E-state index in [1.807, 2.05) is 31.3 Å². The van der Waals surface area contributed by atoms with Gasteiger partial charge < -0.3 is 10.8 Å². The normalized spacial score (nSPS) is 11.8. The highest BCUT2D eigenvalue weighted by atomic mass is 16.3. The maximum Gasteiger partial charge on any atom is 0.122 e. The highest BCUT2D eigenvalue weighted by Gasteiger charge is 2.15. The van der Waals surface area contributed by atoms with E-state index < -0.39 is 5.60 Å². The lowest BCUT2D eigenvalue weighted by Crippen LogP contribution is -2.35. The number of rotatable bonds is 5. The number of aliphatic hydroxyl groups is 1. The molecule has 4 nitrogen and oxygen atoms in total. The number of hydrogen-bond acceptors (Lipinski definition) is 3. The number of likely N-dealkylation sites (N-methyl/N-ethyl adjacent to an activating group) is 1. The molecule has 94 valence electrons. The van der Waals surface area contributed by atoms with Gasteiger partial charge in [0.25, 0.3) is 0 Å². The zero-order valence-corrected chi connectivity index (χ0v) is 10.7. The number of nitrogen functional groups attached to an aromatic ring is 1. The third-order valence-electron chi connectivity index (χ3n) is 2.37. The van der Waals surface area contributed by atoms with Crippen molar-refractivity contribution in [2.75, 3.05) is 13.6 Å². The van der Waals surface area contributed by atoms with Gasteiger partial charge in [0.05, 0.1) is 5.60 Å². The fraction of sp³-hybridized carbons (Fsp3) is 0.462. The van der Waals surface area contributed by atoms with Crippen LogP contribution in [0.15, 0.2) is 24.3 Å². The van der Waals surface area contributed by atoms with E-state index in [9.17, 15) is 5.11 Å². The van der Waals surface area contributed by atoms with Gasteiger partial charge in [0, 0.05) is 18.7 Å². The maximum absolute atomic E-state index is 9.70. The molecule has 0 aliphatic rings. The van der Waals surface area contributed by atoms with Crippen LogP contribution in [0.5, 0.6) is 0 Å². The zero-order valence-electron chi connectivity index (χ0n) is 10.7. The summed E-state index contributed by atoms with van der Waals surface area (Å²) in [6.07, 6.45) is 0. The molecule has 1 aromatic rings. The van der Waals surface area contributed by atoms with E-state index in [4.69, 9.17) is 11.1 Å². The number of nitrogens with zero attached hydrogens (tertiary/aromatic N) is 1. The van der Waals surface area contributed by atoms with Crippen molar-refractivity contribution >= 4 is 5.84 Å². The summed E-state index contributed by atoms with van der Waals surface area (Å²) in [4.78, 5) is 2.06. The number of benzene rings is 1. The highest BCUT2D eigenvalue weighted by molar-refractivity contribution is 5.94. The van der Waals surface area contributed by atoms with E-state index in [0.29, 0.717) is 6.54 Å². The minimum Gasteiger partial charge on any atom is -0.389 e. The molecule has 4 N–H and O–H groups in total. The van der Waals surface area contributed by atoms with E-state index in [1.165, 1.54) is 0 Å². The summed E-state index contributed by atoms with van der Waals surface area (Å²) < 4.78 is 0. The summed E-state index contributed by atoms with van der Waals surface area (Å²) in [7, 11) is 1.97. The van der Waals surface area contributed by atoms with Gasteiger partial charge in [-0.1, -0.05) is 24.3 Å². The minimum absolute atomic E-state index is 0.0846. The average Bonchev–Trinajstić information content (AvgIpc) is 2.15. The SMILES string of the molecule is CN(Cc1ccc(C(=N)N)cc1)CC(C)(C)O. The lowest BCUT2D eigenvalue weighted by molar-refractivity contribution is 0.0425. The lowest BCUT2D eigenvalue weighted by atomic mass is 10.1. The van der Waals surface area contributed by atoms with E-state index >= 15 is 0 Å². The summed E-state index contributed by atoms with van der Waals surface area (Å²) in [6.45, 7) is 4.97. The van der Waals surface area contributed by atoms with E-state index in [2.05, 4.69) is 4.90 Å².